The van der Waals surface area contributed by atoms with Crippen LogP contribution in [0.15, 0.2) is 66.7 Å². The number of aliphatic hydroxyl groups excluding tert-OH is 1. The number of hydrogen-bond donors (Lipinski definition) is 2. The highest BCUT2D eigenvalue weighted by Gasteiger charge is 2.18. The summed E-state index contributed by atoms with van der Waals surface area (Å²) in [5, 5.41) is 13.2. The monoisotopic (exact) mass is 509 g/mol. The Bertz CT molecular complexity index is 1290. The number of anilines is 1. The minimum atomic E-state index is -0.188. The number of hydrogen-bond acceptors (Lipinski definition) is 6. The molecule has 2 heterocycles. The summed E-state index contributed by atoms with van der Waals surface area (Å²) in [6, 6.07) is 21.8. The third kappa shape index (κ3) is 5.65. The van der Waals surface area contributed by atoms with Gasteiger partial charge in [-0.3, -0.25) is 15.0 Å². The van der Waals surface area contributed by atoms with Crippen molar-refractivity contribution in [3.8, 4) is 16.9 Å². The quantitative estimate of drug-likeness (QED) is 0.354. The van der Waals surface area contributed by atoms with Gasteiger partial charge >= 0.3 is 0 Å². The van der Waals surface area contributed by atoms with E-state index in [9.17, 15) is 9.90 Å². The normalized spacial score (nSPS) is 14.5. The second-order valence-electron chi connectivity index (χ2n) is 8.54. The molecule has 0 unspecified atom stereocenters. The van der Waals surface area contributed by atoms with E-state index in [2.05, 4.69) is 27.3 Å². The molecular weight excluding hydrogens is 482 g/mol. The van der Waals surface area contributed by atoms with Gasteiger partial charge in [-0.05, 0) is 48.2 Å². The summed E-state index contributed by atoms with van der Waals surface area (Å²) < 4.78 is 6.49. The molecule has 3 aromatic carbocycles. The zero-order valence-electron chi connectivity index (χ0n) is 19.4. The summed E-state index contributed by atoms with van der Waals surface area (Å²) >= 11 is 1.45. The average molecular weight is 510 g/mol. The molecule has 1 fully saturated rings. The molecule has 6 nitrogen and oxygen atoms in total. The van der Waals surface area contributed by atoms with Crippen LogP contribution >= 0.6 is 23.7 Å². The number of halogens is 1. The molecule has 8 heteroatoms. The highest BCUT2D eigenvalue weighted by atomic mass is 35.5. The molecule has 0 spiro atoms. The molecule has 1 aliphatic heterocycles. The van der Waals surface area contributed by atoms with Crippen LogP contribution in [0.25, 0.3) is 21.3 Å². The van der Waals surface area contributed by atoms with Crippen molar-refractivity contribution in [2.45, 2.75) is 25.5 Å². The maximum atomic E-state index is 12.9. The molecule has 0 atom stereocenters. The lowest BCUT2D eigenvalue weighted by molar-refractivity contribution is 0.0792. The zero-order chi connectivity index (χ0) is 23.5. The number of amides is 1. The molecular formula is C27H28ClN3O3S. The molecule has 4 aromatic rings. The van der Waals surface area contributed by atoms with Gasteiger partial charge in [0.2, 0.25) is 0 Å². The SMILES string of the molecule is COc1ccc(-c2ccccc2)c2sc(NC(=O)c3ccc(CN4CCC(O)CC4)cc3)nc12.Cl. The molecule has 0 aliphatic carbocycles. The Kier molecular flexibility index (Phi) is 8.03. The fourth-order valence-corrected chi connectivity index (χ4v) is 5.33. The summed E-state index contributed by atoms with van der Waals surface area (Å²) in [6.07, 6.45) is 1.47. The molecule has 5 rings (SSSR count). The van der Waals surface area contributed by atoms with Crippen LogP contribution in [0.2, 0.25) is 0 Å². The first-order chi connectivity index (χ1) is 16.6. The van der Waals surface area contributed by atoms with Crippen LogP contribution in [0.4, 0.5) is 5.13 Å². The third-order valence-corrected chi connectivity index (χ3v) is 7.22. The molecule has 182 valence electrons. The number of piperidine rings is 1. The molecule has 35 heavy (non-hydrogen) atoms. The predicted molar refractivity (Wildman–Crippen MR) is 144 cm³/mol. The molecule has 1 saturated heterocycles. The summed E-state index contributed by atoms with van der Waals surface area (Å²) in [4.78, 5) is 19.9. The summed E-state index contributed by atoms with van der Waals surface area (Å²) in [7, 11) is 1.63. The first-order valence-electron chi connectivity index (χ1n) is 11.4. The van der Waals surface area contributed by atoms with Crippen LogP contribution in [0.3, 0.4) is 0 Å². The maximum absolute atomic E-state index is 12.9. The van der Waals surface area contributed by atoms with Crippen LogP contribution in [-0.2, 0) is 6.54 Å². The number of benzene rings is 3. The van der Waals surface area contributed by atoms with Crippen molar-refractivity contribution in [3.05, 3.63) is 77.9 Å². The number of aliphatic hydroxyl groups is 1. The Morgan fingerprint density at radius 2 is 1.80 bits per heavy atom. The third-order valence-electron chi connectivity index (χ3n) is 6.21. The molecule has 0 saturated carbocycles. The lowest BCUT2D eigenvalue weighted by Gasteiger charge is -2.29. The van der Waals surface area contributed by atoms with Crippen molar-refractivity contribution in [1.29, 1.82) is 0 Å². The number of aromatic nitrogens is 1. The van der Waals surface area contributed by atoms with Crippen molar-refractivity contribution in [2.24, 2.45) is 0 Å². The van der Waals surface area contributed by atoms with Crippen LogP contribution in [0, 0.1) is 0 Å². The first kappa shape index (κ1) is 25.1. The second kappa shape index (κ2) is 11.2. The number of ether oxygens (including phenoxy) is 1. The van der Waals surface area contributed by atoms with Gasteiger partial charge in [-0.2, -0.15) is 0 Å². The zero-order valence-corrected chi connectivity index (χ0v) is 21.1. The first-order valence-corrected chi connectivity index (χ1v) is 12.3. The standard InChI is InChI=1S/C27H27N3O3S.ClH/c1-33-23-12-11-22(19-5-3-2-4-6-19)25-24(23)28-27(34-25)29-26(32)20-9-7-18(8-10-20)17-30-15-13-21(31)14-16-30;/h2-12,21,31H,13-17H2,1H3,(H,28,29,32);1H. The number of likely N-dealkylation sites (tertiary alicyclic amines) is 1. The van der Waals surface area contributed by atoms with Gasteiger partial charge in [-0.25, -0.2) is 4.98 Å². The number of methoxy groups -OCH3 is 1. The summed E-state index contributed by atoms with van der Waals surface area (Å²) in [5.74, 6) is 0.493. The highest BCUT2D eigenvalue weighted by molar-refractivity contribution is 7.23. The van der Waals surface area contributed by atoms with Crippen LogP contribution in [-0.4, -0.2) is 47.2 Å². The summed E-state index contributed by atoms with van der Waals surface area (Å²) in [5.41, 5.74) is 4.64. The van der Waals surface area contributed by atoms with Crippen LogP contribution < -0.4 is 10.1 Å². The Hall–Kier alpha value is -2.97. The fourth-order valence-electron chi connectivity index (χ4n) is 4.31. The largest absolute Gasteiger partial charge is 0.494 e. The maximum Gasteiger partial charge on any atom is 0.257 e. The van der Waals surface area contributed by atoms with Gasteiger partial charge in [0.1, 0.15) is 11.3 Å². The molecule has 2 N–H and O–H groups in total. The number of fused-ring (bicyclic) bond motifs is 1. The smallest absolute Gasteiger partial charge is 0.257 e. The van der Waals surface area contributed by atoms with Crippen molar-refractivity contribution in [3.63, 3.8) is 0 Å². The van der Waals surface area contributed by atoms with Crippen molar-refractivity contribution >= 4 is 45.0 Å². The van der Waals surface area contributed by atoms with E-state index < -0.39 is 0 Å². The van der Waals surface area contributed by atoms with E-state index in [1.54, 1.807) is 7.11 Å². The number of carbonyl (C=O) groups is 1. The molecule has 1 aliphatic rings. The Balaban J connectivity index is 0.00000289. The lowest BCUT2D eigenvalue weighted by Crippen LogP contribution is -2.35. The van der Waals surface area contributed by atoms with E-state index in [0.29, 0.717) is 16.4 Å². The molecule has 0 radical (unpaired) electrons. The second-order valence-corrected chi connectivity index (χ2v) is 9.54. The highest BCUT2D eigenvalue weighted by Crippen LogP contribution is 2.39. The molecule has 0 bridgehead atoms. The minimum absolute atomic E-state index is 0. The summed E-state index contributed by atoms with van der Waals surface area (Å²) in [6.45, 7) is 2.62. The van der Waals surface area contributed by atoms with Crippen molar-refractivity contribution in [1.82, 2.24) is 9.88 Å². The van der Waals surface area contributed by atoms with Crippen LogP contribution in [0.1, 0.15) is 28.8 Å². The number of rotatable bonds is 6. The van der Waals surface area contributed by atoms with Gasteiger partial charge in [0.05, 0.1) is 17.9 Å². The van der Waals surface area contributed by atoms with E-state index in [-0.39, 0.29) is 24.4 Å². The lowest BCUT2D eigenvalue weighted by atomic mass is 10.1. The van der Waals surface area contributed by atoms with Gasteiger partial charge in [0, 0.05) is 30.8 Å². The van der Waals surface area contributed by atoms with E-state index in [1.807, 2.05) is 54.6 Å². The average Bonchev–Trinajstić information content (AvgIpc) is 3.29. The van der Waals surface area contributed by atoms with Gasteiger partial charge < -0.3 is 9.84 Å². The topological polar surface area (TPSA) is 74.7 Å². The molecule has 1 amide bonds. The predicted octanol–water partition coefficient (Wildman–Crippen LogP) is 5.60. The van der Waals surface area contributed by atoms with E-state index in [0.717, 1.165) is 59.4 Å². The molecule has 1 aromatic heterocycles. The Labute approximate surface area is 215 Å². The Morgan fingerprint density at radius 1 is 1.09 bits per heavy atom. The number of thiazole rings is 1. The van der Waals surface area contributed by atoms with Gasteiger partial charge in [-0.15, -0.1) is 12.4 Å². The van der Waals surface area contributed by atoms with Gasteiger partial charge in [0.15, 0.2) is 5.13 Å². The van der Waals surface area contributed by atoms with Gasteiger partial charge in [0.25, 0.3) is 5.91 Å². The van der Waals surface area contributed by atoms with Crippen LogP contribution in [0.5, 0.6) is 5.75 Å². The van der Waals surface area contributed by atoms with Gasteiger partial charge in [-0.1, -0.05) is 53.8 Å². The van der Waals surface area contributed by atoms with E-state index in [4.69, 9.17) is 4.74 Å². The number of nitrogens with zero attached hydrogens (tertiary/aromatic N) is 2. The van der Waals surface area contributed by atoms with Crippen molar-refractivity contribution in [2.75, 3.05) is 25.5 Å². The van der Waals surface area contributed by atoms with Crippen molar-refractivity contribution < 1.29 is 14.6 Å². The number of carbonyl (C=O) groups excluding carboxylic acids is 1. The van der Waals surface area contributed by atoms with E-state index >= 15 is 0 Å². The minimum Gasteiger partial charge on any atom is -0.494 e. The fraction of sp³-hybridized carbons (Fsp3) is 0.259. The number of nitrogens with one attached hydrogen (secondary N) is 1. The Morgan fingerprint density at radius 3 is 2.49 bits per heavy atom. The van der Waals surface area contributed by atoms with E-state index in [1.165, 1.54) is 11.3 Å².